The number of ether oxygens (including phenoxy) is 1. The molecule has 1 unspecified atom stereocenters. The predicted octanol–water partition coefficient (Wildman–Crippen LogP) is 6.01. The maximum Gasteiger partial charge on any atom is 0.235 e. The monoisotopic (exact) mass is 503 g/mol. The van der Waals surface area contributed by atoms with Gasteiger partial charge < -0.3 is 4.74 Å². The molecule has 0 bridgehead atoms. The minimum atomic E-state index is -1.54. The van der Waals surface area contributed by atoms with Crippen molar-refractivity contribution in [2.24, 2.45) is 11.3 Å². The average molecular weight is 504 g/mol. The number of ketones is 1. The number of carbonyl (C=O) groups is 2. The molecule has 1 N–H and O–H groups in total. The number of amides is 1. The SMILES string of the molecule is CCC(CC)(c1ccc(OCC(=O)C(C)(C)C)c(C)c1)c1cc(C)c(S(=O)NC(=O)C2CC2)s1. The Morgan fingerprint density at radius 1 is 1.09 bits per heavy atom. The molecule has 3 rings (SSSR count). The highest BCUT2D eigenvalue weighted by atomic mass is 32.2. The highest BCUT2D eigenvalue weighted by Crippen LogP contribution is 2.45. The van der Waals surface area contributed by atoms with E-state index in [1.54, 1.807) is 0 Å². The summed E-state index contributed by atoms with van der Waals surface area (Å²) in [6.45, 7) is 14.1. The number of thiophene rings is 1. The highest BCUT2D eigenvalue weighted by molar-refractivity contribution is 7.86. The summed E-state index contributed by atoms with van der Waals surface area (Å²) in [7, 11) is -1.54. The van der Waals surface area contributed by atoms with Crippen LogP contribution < -0.4 is 9.46 Å². The number of hydrogen-bond donors (Lipinski definition) is 1. The maximum absolute atomic E-state index is 12.9. The van der Waals surface area contributed by atoms with Crippen molar-refractivity contribution in [1.82, 2.24) is 4.72 Å². The predicted molar refractivity (Wildman–Crippen MR) is 139 cm³/mol. The van der Waals surface area contributed by atoms with Crippen molar-refractivity contribution >= 4 is 34.0 Å². The lowest BCUT2D eigenvalue weighted by Crippen LogP contribution is -2.27. The molecule has 186 valence electrons. The minimum Gasteiger partial charge on any atom is -0.486 e. The van der Waals surface area contributed by atoms with Gasteiger partial charge >= 0.3 is 0 Å². The molecule has 1 heterocycles. The summed E-state index contributed by atoms with van der Waals surface area (Å²) >= 11 is 1.53. The lowest BCUT2D eigenvalue weighted by Gasteiger charge is -2.32. The van der Waals surface area contributed by atoms with Crippen LogP contribution in [-0.4, -0.2) is 22.5 Å². The molecular formula is C27H37NO4S2. The molecule has 1 fully saturated rings. The van der Waals surface area contributed by atoms with E-state index in [9.17, 15) is 13.8 Å². The molecule has 1 aliphatic rings. The first-order valence-corrected chi connectivity index (χ1v) is 14.0. The molecule has 2 aromatic rings. The summed E-state index contributed by atoms with van der Waals surface area (Å²) in [5.41, 5.74) is 2.44. The van der Waals surface area contributed by atoms with Crippen molar-refractivity contribution in [2.75, 3.05) is 6.61 Å². The Morgan fingerprint density at radius 3 is 2.26 bits per heavy atom. The number of rotatable bonds is 10. The van der Waals surface area contributed by atoms with Gasteiger partial charge in [-0.2, -0.15) is 0 Å². The van der Waals surface area contributed by atoms with E-state index in [4.69, 9.17) is 4.74 Å². The van der Waals surface area contributed by atoms with Crippen LogP contribution in [-0.2, 0) is 26.0 Å². The van der Waals surface area contributed by atoms with Crippen molar-refractivity contribution in [2.45, 2.75) is 83.8 Å². The number of nitrogens with one attached hydrogen (secondary N) is 1. The van der Waals surface area contributed by atoms with E-state index in [0.717, 1.165) is 47.4 Å². The molecule has 0 aliphatic heterocycles. The normalized spacial score (nSPS) is 15.1. The number of hydrogen-bond acceptors (Lipinski definition) is 5. The molecule has 1 aromatic heterocycles. The minimum absolute atomic E-state index is 0.0245. The van der Waals surface area contributed by atoms with Crippen LogP contribution in [0.4, 0.5) is 0 Å². The summed E-state index contributed by atoms with van der Waals surface area (Å²) in [6.07, 6.45) is 3.53. The average Bonchev–Trinajstić information content (AvgIpc) is 3.55. The summed E-state index contributed by atoms with van der Waals surface area (Å²) in [5.74, 6) is 0.697. The number of carbonyl (C=O) groups excluding carboxylic acids is 2. The van der Waals surface area contributed by atoms with Crippen molar-refractivity contribution in [3.05, 3.63) is 45.8 Å². The third-order valence-electron chi connectivity index (χ3n) is 6.78. The largest absolute Gasteiger partial charge is 0.486 e. The zero-order chi connectivity index (χ0) is 25.3. The van der Waals surface area contributed by atoms with Crippen LogP contribution in [0.25, 0.3) is 0 Å². The van der Waals surface area contributed by atoms with Gasteiger partial charge in [-0.25, -0.2) is 4.21 Å². The van der Waals surface area contributed by atoms with Crippen LogP contribution in [0.5, 0.6) is 5.75 Å². The summed E-state index contributed by atoms with van der Waals surface area (Å²) in [6, 6.07) is 8.30. The smallest absolute Gasteiger partial charge is 0.235 e. The molecule has 34 heavy (non-hydrogen) atoms. The Bertz CT molecular complexity index is 1090. The second-order valence-corrected chi connectivity index (χ2v) is 12.8. The van der Waals surface area contributed by atoms with E-state index in [1.165, 1.54) is 16.9 Å². The van der Waals surface area contributed by atoms with Crippen molar-refractivity contribution in [1.29, 1.82) is 0 Å². The van der Waals surface area contributed by atoms with Crippen LogP contribution >= 0.6 is 11.3 Å². The van der Waals surface area contributed by atoms with E-state index in [-0.39, 0.29) is 29.6 Å². The van der Waals surface area contributed by atoms with Crippen LogP contribution in [0, 0.1) is 25.2 Å². The van der Waals surface area contributed by atoms with Crippen LogP contribution in [0.1, 0.15) is 81.9 Å². The fourth-order valence-electron chi connectivity index (χ4n) is 4.07. The zero-order valence-electron chi connectivity index (χ0n) is 21.4. The van der Waals surface area contributed by atoms with Gasteiger partial charge in [-0.05, 0) is 68.4 Å². The van der Waals surface area contributed by atoms with Crippen LogP contribution in [0.2, 0.25) is 0 Å². The van der Waals surface area contributed by atoms with Gasteiger partial charge in [0.1, 0.15) is 16.6 Å². The third kappa shape index (κ3) is 5.62. The number of aryl methyl sites for hydroxylation is 2. The highest BCUT2D eigenvalue weighted by Gasteiger charge is 2.35. The van der Waals surface area contributed by atoms with Gasteiger partial charge in [-0.3, -0.25) is 14.3 Å². The van der Waals surface area contributed by atoms with Gasteiger partial charge in [0, 0.05) is 21.6 Å². The first-order chi connectivity index (χ1) is 15.9. The van der Waals surface area contributed by atoms with E-state index < -0.39 is 16.4 Å². The molecule has 1 aliphatic carbocycles. The van der Waals surface area contributed by atoms with E-state index in [2.05, 4.69) is 36.8 Å². The third-order valence-corrected chi connectivity index (χ3v) is 9.77. The topological polar surface area (TPSA) is 72.5 Å². The fraction of sp³-hybridized carbons (Fsp3) is 0.556. The van der Waals surface area contributed by atoms with E-state index >= 15 is 0 Å². The van der Waals surface area contributed by atoms with Gasteiger partial charge in [0.25, 0.3) is 0 Å². The molecule has 1 atom stereocenters. The molecular weight excluding hydrogens is 466 g/mol. The van der Waals surface area contributed by atoms with Crippen molar-refractivity contribution < 1.29 is 18.5 Å². The van der Waals surface area contributed by atoms with Crippen molar-refractivity contribution in [3.63, 3.8) is 0 Å². The number of benzene rings is 1. The molecule has 0 spiro atoms. The quantitative estimate of drug-likeness (QED) is 0.431. The van der Waals surface area contributed by atoms with Crippen LogP contribution in [0.3, 0.4) is 0 Å². The molecule has 0 saturated heterocycles. The summed E-state index contributed by atoms with van der Waals surface area (Å²) < 4.78 is 22.2. The Labute approximate surface area is 210 Å². The summed E-state index contributed by atoms with van der Waals surface area (Å²) in [5, 5.41) is 0. The van der Waals surface area contributed by atoms with Gasteiger partial charge in [0.05, 0.1) is 0 Å². The van der Waals surface area contributed by atoms with Crippen molar-refractivity contribution in [3.8, 4) is 5.75 Å². The molecule has 1 amide bonds. The maximum atomic E-state index is 12.9. The van der Waals surface area contributed by atoms with Gasteiger partial charge in [0.15, 0.2) is 16.8 Å². The van der Waals surface area contributed by atoms with Crippen LogP contribution in [0.15, 0.2) is 28.5 Å². The summed E-state index contributed by atoms with van der Waals surface area (Å²) in [4.78, 5) is 25.5. The molecule has 1 aromatic carbocycles. The lowest BCUT2D eigenvalue weighted by molar-refractivity contribution is -0.128. The second-order valence-electron chi connectivity index (χ2n) is 10.3. The lowest BCUT2D eigenvalue weighted by atomic mass is 9.74. The first kappa shape index (κ1) is 26.6. The Balaban J connectivity index is 1.87. The van der Waals surface area contributed by atoms with Gasteiger partial charge in [-0.15, -0.1) is 11.3 Å². The standard InChI is InChI=1S/C27H37NO4S2/c1-8-27(9-2,20-12-13-21(17(3)14-20)32-16-22(29)26(5,6)7)23-15-18(4)25(33-23)34(31)28-24(30)19-10-11-19/h12-15,19H,8-11,16H2,1-7H3,(H,28,30). The zero-order valence-corrected chi connectivity index (χ0v) is 23.0. The first-order valence-electron chi connectivity index (χ1n) is 12.0. The Kier molecular flexibility index (Phi) is 8.08. The van der Waals surface area contributed by atoms with E-state index in [1.807, 2.05) is 40.7 Å². The Morgan fingerprint density at radius 2 is 1.74 bits per heavy atom. The second kappa shape index (κ2) is 10.3. The molecule has 7 heteroatoms. The Hall–Kier alpha value is -1.99. The molecule has 0 radical (unpaired) electrons. The molecule has 1 saturated carbocycles. The fourth-order valence-corrected chi connectivity index (χ4v) is 6.82. The molecule has 5 nitrogen and oxygen atoms in total. The van der Waals surface area contributed by atoms with Gasteiger partial charge in [-0.1, -0.05) is 46.8 Å². The van der Waals surface area contributed by atoms with Gasteiger partial charge in [0.2, 0.25) is 5.91 Å². The number of Topliss-reactive ketones (excluding diaryl/α,β-unsaturated/α-hetero) is 1. The van der Waals surface area contributed by atoms with E-state index in [0.29, 0.717) is 4.21 Å².